The van der Waals surface area contributed by atoms with E-state index in [2.05, 4.69) is 10.3 Å². The number of aromatic amines is 1. The van der Waals surface area contributed by atoms with Gasteiger partial charge in [0.1, 0.15) is 17.0 Å². The molecule has 0 aliphatic heterocycles. The molecule has 29 heavy (non-hydrogen) atoms. The lowest BCUT2D eigenvalue weighted by Gasteiger charge is -2.10. The molecule has 8 heteroatoms. The van der Waals surface area contributed by atoms with E-state index >= 15 is 0 Å². The van der Waals surface area contributed by atoms with Crippen molar-refractivity contribution in [2.75, 3.05) is 5.32 Å². The minimum absolute atomic E-state index is 0.0585. The van der Waals surface area contributed by atoms with Gasteiger partial charge in [-0.25, -0.2) is 4.68 Å². The molecule has 1 amide bonds. The first-order chi connectivity index (χ1) is 14.1. The van der Waals surface area contributed by atoms with Crippen molar-refractivity contribution in [1.29, 1.82) is 0 Å². The topological polar surface area (TPSA) is 106 Å². The number of benzene rings is 2. The molecule has 2 heterocycles. The van der Waals surface area contributed by atoms with Gasteiger partial charge in [0.15, 0.2) is 0 Å². The molecule has 0 saturated heterocycles. The number of carbonyl (C=O) groups is 1. The van der Waals surface area contributed by atoms with Crippen LogP contribution in [0.3, 0.4) is 0 Å². The number of nitrogens with zero attached hydrogens (tertiary/aromatic N) is 3. The monoisotopic (exact) mass is 387 g/mol. The van der Waals surface area contributed by atoms with Gasteiger partial charge in [0.05, 0.1) is 16.3 Å². The van der Waals surface area contributed by atoms with Gasteiger partial charge in [-0.1, -0.05) is 30.3 Å². The van der Waals surface area contributed by atoms with Crippen molar-refractivity contribution < 1.29 is 9.72 Å². The molecule has 2 N–H and O–H groups in total. The lowest BCUT2D eigenvalue weighted by Crippen LogP contribution is -2.16. The summed E-state index contributed by atoms with van der Waals surface area (Å²) in [7, 11) is 0. The van der Waals surface area contributed by atoms with Crippen LogP contribution in [-0.4, -0.2) is 25.6 Å². The van der Waals surface area contributed by atoms with Crippen LogP contribution >= 0.6 is 0 Å². The number of nitro groups is 1. The Morgan fingerprint density at radius 1 is 1.14 bits per heavy atom. The Hall–Kier alpha value is -3.94. The molecule has 5 rings (SSSR count). The predicted octanol–water partition coefficient (Wildman–Crippen LogP) is 4.00. The van der Waals surface area contributed by atoms with Crippen LogP contribution in [0.15, 0.2) is 54.6 Å². The molecule has 1 aliphatic rings. The Morgan fingerprint density at radius 2 is 1.97 bits per heavy atom. The van der Waals surface area contributed by atoms with Crippen LogP contribution in [0, 0.1) is 10.1 Å². The molecule has 0 spiro atoms. The third-order valence-corrected chi connectivity index (χ3v) is 5.22. The molecule has 1 aliphatic carbocycles. The summed E-state index contributed by atoms with van der Waals surface area (Å²) in [5.74, 6) is 0.295. The van der Waals surface area contributed by atoms with Crippen molar-refractivity contribution in [2.24, 2.45) is 0 Å². The van der Waals surface area contributed by atoms with Gasteiger partial charge < -0.3 is 10.3 Å². The Balaban J connectivity index is 1.54. The highest BCUT2D eigenvalue weighted by Gasteiger charge is 2.25. The fourth-order valence-corrected chi connectivity index (χ4v) is 3.87. The lowest BCUT2D eigenvalue weighted by molar-refractivity contribution is -0.383. The van der Waals surface area contributed by atoms with Crippen molar-refractivity contribution >= 4 is 28.3 Å². The minimum atomic E-state index is -0.460. The summed E-state index contributed by atoms with van der Waals surface area (Å²) in [5, 5.41) is 19.5. The maximum absolute atomic E-state index is 13.0. The van der Waals surface area contributed by atoms with E-state index in [0.717, 1.165) is 36.2 Å². The SMILES string of the molecule is O=C(Nc1c2c(nn1-c1ccccc1)CCC2)c1cc2cccc([N+](=O)[O-])c2[nH]1. The van der Waals surface area contributed by atoms with Crippen LogP contribution in [-0.2, 0) is 12.8 Å². The minimum Gasteiger partial charge on any atom is -0.345 e. The summed E-state index contributed by atoms with van der Waals surface area (Å²) in [4.78, 5) is 26.7. The van der Waals surface area contributed by atoms with Gasteiger partial charge in [-0.05, 0) is 37.5 Å². The van der Waals surface area contributed by atoms with Crippen molar-refractivity contribution in [1.82, 2.24) is 14.8 Å². The molecule has 0 bridgehead atoms. The number of rotatable bonds is 4. The number of hydrogen-bond donors (Lipinski definition) is 2. The van der Waals surface area contributed by atoms with E-state index in [1.54, 1.807) is 22.9 Å². The van der Waals surface area contributed by atoms with E-state index in [4.69, 9.17) is 5.10 Å². The van der Waals surface area contributed by atoms with Gasteiger partial charge in [0, 0.05) is 17.0 Å². The third-order valence-electron chi connectivity index (χ3n) is 5.22. The number of fused-ring (bicyclic) bond motifs is 2. The second-order valence-corrected chi connectivity index (χ2v) is 7.01. The lowest BCUT2D eigenvalue weighted by atomic mass is 10.2. The van der Waals surface area contributed by atoms with E-state index in [-0.39, 0.29) is 17.3 Å². The van der Waals surface area contributed by atoms with Gasteiger partial charge in [-0.3, -0.25) is 14.9 Å². The van der Waals surface area contributed by atoms with Crippen LogP contribution in [0.4, 0.5) is 11.5 Å². The first kappa shape index (κ1) is 17.2. The number of para-hydroxylation sites is 2. The van der Waals surface area contributed by atoms with Crippen LogP contribution in [0.1, 0.15) is 28.2 Å². The summed E-state index contributed by atoms with van der Waals surface area (Å²) in [6.45, 7) is 0. The molecule has 144 valence electrons. The van der Waals surface area contributed by atoms with Gasteiger partial charge in [-0.2, -0.15) is 5.10 Å². The van der Waals surface area contributed by atoms with E-state index < -0.39 is 4.92 Å². The number of anilines is 1. The molecule has 2 aromatic heterocycles. The van der Waals surface area contributed by atoms with Crippen LogP contribution in [0.5, 0.6) is 0 Å². The summed E-state index contributed by atoms with van der Waals surface area (Å²) < 4.78 is 1.76. The standard InChI is InChI=1S/C21H17N5O3/c27-21(17-12-13-6-4-11-18(26(28)29)19(13)22-17)23-20-15-9-5-10-16(15)24-25(20)14-7-2-1-3-8-14/h1-4,6-8,11-12,22H,5,9-10H2,(H,23,27). The summed E-state index contributed by atoms with van der Waals surface area (Å²) in [6.07, 6.45) is 2.75. The molecule has 0 radical (unpaired) electrons. The normalized spacial score (nSPS) is 12.8. The van der Waals surface area contributed by atoms with E-state index in [1.807, 2.05) is 30.3 Å². The number of amides is 1. The maximum atomic E-state index is 13.0. The number of H-pyrrole nitrogens is 1. The zero-order valence-corrected chi connectivity index (χ0v) is 15.4. The number of hydrogen-bond acceptors (Lipinski definition) is 4. The highest BCUT2D eigenvalue weighted by molar-refractivity contribution is 6.07. The number of nitro benzene ring substituents is 1. The number of aromatic nitrogens is 3. The average molecular weight is 387 g/mol. The molecule has 8 nitrogen and oxygen atoms in total. The van der Waals surface area contributed by atoms with Crippen molar-refractivity contribution in [3.63, 3.8) is 0 Å². The molecule has 4 aromatic rings. The Morgan fingerprint density at radius 3 is 2.76 bits per heavy atom. The second-order valence-electron chi connectivity index (χ2n) is 7.01. The van der Waals surface area contributed by atoms with E-state index in [0.29, 0.717) is 16.7 Å². The fourth-order valence-electron chi connectivity index (χ4n) is 3.87. The second kappa shape index (κ2) is 6.59. The number of nitrogens with one attached hydrogen (secondary N) is 2. The Bertz CT molecular complexity index is 1260. The zero-order valence-electron chi connectivity index (χ0n) is 15.4. The van der Waals surface area contributed by atoms with Gasteiger partial charge in [-0.15, -0.1) is 0 Å². The van der Waals surface area contributed by atoms with Crippen molar-refractivity contribution in [3.8, 4) is 5.69 Å². The van der Waals surface area contributed by atoms with Crippen LogP contribution in [0.2, 0.25) is 0 Å². The quantitative estimate of drug-likeness (QED) is 0.408. The molecular formula is C21H17N5O3. The smallest absolute Gasteiger partial charge is 0.293 e. The summed E-state index contributed by atoms with van der Waals surface area (Å²) >= 11 is 0. The van der Waals surface area contributed by atoms with Gasteiger partial charge in [0.25, 0.3) is 11.6 Å². The van der Waals surface area contributed by atoms with E-state index in [1.165, 1.54) is 6.07 Å². The summed E-state index contributed by atoms with van der Waals surface area (Å²) in [6, 6.07) is 16.0. The first-order valence-electron chi connectivity index (χ1n) is 9.35. The molecular weight excluding hydrogens is 370 g/mol. The van der Waals surface area contributed by atoms with Crippen molar-refractivity contribution in [3.05, 3.63) is 81.7 Å². The van der Waals surface area contributed by atoms with Crippen LogP contribution < -0.4 is 5.32 Å². The highest BCUT2D eigenvalue weighted by atomic mass is 16.6. The maximum Gasteiger partial charge on any atom is 0.293 e. The zero-order chi connectivity index (χ0) is 20.0. The highest BCUT2D eigenvalue weighted by Crippen LogP contribution is 2.32. The van der Waals surface area contributed by atoms with Crippen LogP contribution in [0.25, 0.3) is 16.6 Å². The molecule has 0 atom stereocenters. The third kappa shape index (κ3) is 2.85. The van der Waals surface area contributed by atoms with Gasteiger partial charge in [0.2, 0.25) is 0 Å². The number of carbonyl (C=O) groups excluding carboxylic acids is 1. The predicted molar refractivity (Wildman–Crippen MR) is 108 cm³/mol. The largest absolute Gasteiger partial charge is 0.345 e. The fraction of sp³-hybridized carbons (Fsp3) is 0.143. The van der Waals surface area contributed by atoms with Crippen molar-refractivity contribution in [2.45, 2.75) is 19.3 Å². The van der Waals surface area contributed by atoms with E-state index in [9.17, 15) is 14.9 Å². The first-order valence-corrected chi connectivity index (χ1v) is 9.35. The summed E-state index contributed by atoms with van der Waals surface area (Å²) in [5.41, 5.74) is 3.45. The number of aryl methyl sites for hydroxylation is 1. The Labute approximate surface area is 165 Å². The average Bonchev–Trinajstić information content (AvgIpc) is 3.43. The molecule has 2 aromatic carbocycles. The Kier molecular flexibility index (Phi) is 3.90. The molecule has 0 saturated carbocycles. The number of non-ortho nitro benzene ring substituents is 1. The van der Waals surface area contributed by atoms with Gasteiger partial charge >= 0.3 is 0 Å². The molecule has 0 fully saturated rings. The molecule has 0 unspecified atom stereocenters.